The van der Waals surface area contributed by atoms with Gasteiger partial charge in [-0.3, -0.25) is 9.59 Å². The molecule has 7 heteroatoms. The Hall–Kier alpha value is -2.82. The van der Waals surface area contributed by atoms with Crippen LogP contribution in [0.2, 0.25) is 0 Å². The molecule has 5 nitrogen and oxygen atoms in total. The van der Waals surface area contributed by atoms with Crippen LogP contribution in [0.4, 0.5) is 0 Å². The highest BCUT2D eigenvalue weighted by molar-refractivity contribution is 7.96. The number of aromatic hydroxyl groups is 1. The van der Waals surface area contributed by atoms with Gasteiger partial charge in [-0.05, 0) is 51.1 Å². The summed E-state index contributed by atoms with van der Waals surface area (Å²) in [5, 5.41) is 10.8. The Morgan fingerprint density at radius 3 is 2.00 bits per heavy atom. The fourth-order valence-corrected chi connectivity index (χ4v) is 2.97. The summed E-state index contributed by atoms with van der Waals surface area (Å²) in [6.45, 7) is 5.83. The van der Waals surface area contributed by atoms with E-state index in [2.05, 4.69) is 21.8 Å². The highest BCUT2D eigenvalue weighted by atomic mass is 32.4. The van der Waals surface area contributed by atoms with Crippen molar-refractivity contribution in [1.82, 2.24) is 9.97 Å². The zero-order valence-electron chi connectivity index (χ0n) is 17.2. The molecule has 31 heavy (non-hydrogen) atoms. The maximum atomic E-state index is 11.6. The number of hydrogen-bond acceptors (Lipinski definition) is 4. The summed E-state index contributed by atoms with van der Waals surface area (Å²) >= 11 is 4.37. The van der Waals surface area contributed by atoms with Gasteiger partial charge in [0.15, 0.2) is 11.2 Å². The minimum absolute atomic E-state index is 0. The van der Waals surface area contributed by atoms with E-state index in [1.807, 2.05) is 56.9 Å². The molecule has 0 saturated carbocycles. The Labute approximate surface area is 190 Å². The van der Waals surface area contributed by atoms with Gasteiger partial charge in [0, 0.05) is 35.0 Å². The van der Waals surface area contributed by atoms with E-state index < -0.39 is 0 Å². The van der Waals surface area contributed by atoms with Crippen LogP contribution in [0, 0.1) is 0 Å². The second-order valence-electron chi connectivity index (χ2n) is 6.42. The number of aromatic amines is 2. The quantitative estimate of drug-likeness (QED) is 0.332. The largest absolute Gasteiger partial charge is 0.503 e. The molecule has 0 bridgehead atoms. The first-order valence-corrected chi connectivity index (χ1v) is 12.0. The van der Waals surface area contributed by atoms with Crippen molar-refractivity contribution >= 4 is 41.0 Å². The summed E-state index contributed by atoms with van der Waals surface area (Å²) < 4.78 is 0. The normalized spacial score (nSPS) is 9.90. The molecule has 0 saturated heterocycles. The van der Waals surface area contributed by atoms with Crippen molar-refractivity contribution < 1.29 is 6.53 Å². The SMILES string of the molecule is C.CCc1[nH]c2ccccc2c(=O)c1O.CCc1cc(=O)c2ccccc2[nH]1.CP=S.[HH]. The predicted molar refractivity (Wildman–Crippen MR) is 139 cm³/mol. The van der Waals surface area contributed by atoms with Crippen LogP contribution in [-0.4, -0.2) is 21.7 Å². The molecule has 4 rings (SSSR count). The number of rotatable bonds is 2. The molecule has 0 atom stereocenters. The van der Waals surface area contributed by atoms with Gasteiger partial charge >= 0.3 is 0 Å². The van der Waals surface area contributed by atoms with E-state index in [-0.39, 0.29) is 25.5 Å². The predicted octanol–water partition coefficient (Wildman–Crippen LogP) is 5.79. The molecule has 0 unspecified atom stereocenters. The Balaban J connectivity index is 0.000000508. The van der Waals surface area contributed by atoms with E-state index in [0.717, 1.165) is 35.9 Å². The molecule has 2 heterocycles. The van der Waals surface area contributed by atoms with Gasteiger partial charge in [0.1, 0.15) is 0 Å². The van der Waals surface area contributed by atoms with Crippen molar-refractivity contribution in [1.29, 1.82) is 0 Å². The summed E-state index contributed by atoms with van der Waals surface area (Å²) in [6.07, 6.45) is 1.48. The number of H-pyrrole nitrogens is 2. The first-order valence-electron chi connectivity index (χ1n) is 9.62. The van der Waals surface area contributed by atoms with Gasteiger partial charge in [-0.1, -0.05) is 57.3 Å². The summed E-state index contributed by atoms with van der Waals surface area (Å²) in [5.74, 6) is -0.161. The van der Waals surface area contributed by atoms with Crippen molar-refractivity contribution in [2.75, 3.05) is 6.66 Å². The lowest BCUT2D eigenvalue weighted by Crippen LogP contribution is -2.06. The van der Waals surface area contributed by atoms with Gasteiger partial charge in [0.2, 0.25) is 5.43 Å². The van der Waals surface area contributed by atoms with E-state index >= 15 is 0 Å². The molecule has 0 amide bonds. The van der Waals surface area contributed by atoms with Crippen LogP contribution in [-0.2, 0) is 24.6 Å². The van der Waals surface area contributed by atoms with Crippen LogP contribution in [0.3, 0.4) is 0 Å². The minimum atomic E-state index is -0.295. The van der Waals surface area contributed by atoms with Gasteiger partial charge < -0.3 is 15.1 Å². The van der Waals surface area contributed by atoms with Crippen LogP contribution >= 0.6 is 7.36 Å². The molecule has 2 aromatic carbocycles. The van der Waals surface area contributed by atoms with Crippen molar-refractivity contribution in [3.05, 3.63) is 86.4 Å². The Morgan fingerprint density at radius 1 is 0.935 bits per heavy atom. The van der Waals surface area contributed by atoms with Crippen LogP contribution in [0.5, 0.6) is 5.75 Å². The van der Waals surface area contributed by atoms with Gasteiger partial charge in [-0.25, -0.2) is 0 Å². The fraction of sp³-hybridized carbons (Fsp3) is 0.250. The number of aromatic nitrogens is 2. The Morgan fingerprint density at radius 2 is 1.45 bits per heavy atom. The van der Waals surface area contributed by atoms with Gasteiger partial charge in [0.25, 0.3) is 0 Å². The van der Waals surface area contributed by atoms with Gasteiger partial charge in [-0.15, -0.1) is 0 Å². The number of fused-ring (bicyclic) bond motifs is 2. The van der Waals surface area contributed by atoms with Crippen molar-refractivity contribution in [3.63, 3.8) is 0 Å². The number of para-hydroxylation sites is 2. The third-order valence-electron chi connectivity index (χ3n) is 4.49. The zero-order chi connectivity index (χ0) is 22.1. The minimum Gasteiger partial charge on any atom is -0.503 e. The lowest BCUT2D eigenvalue weighted by Gasteiger charge is -2.04. The molecule has 3 N–H and O–H groups in total. The van der Waals surface area contributed by atoms with E-state index in [4.69, 9.17) is 0 Å². The van der Waals surface area contributed by atoms with Crippen LogP contribution in [0.25, 0.3) is 21.8 Å². The van der Waals surface area contributed by atoms with Crippen molar-refractivity contribution in [3.8, 4) is 5.75 Å². The lowest BCUT2D eigenvalue weighted by molar-refractivity contribution is 0.461. The topological polar surface area (TPSA) is 85.9 Å². The molecule has 4 aromatic rings. The lowest BCUT2D eigenvalue weighted by atomic mass is 10.1. The van der Waals surface area contributed by atoms with Crippen LogP contribution in [0.15, 0.2) is 64.2 Å². The van der Waals surface area contributed by atoms with Crippen molar-refractivity contribution in [2.24, 2.45) is 0 Å². The van der Waals surface area contributed by atoms with Gasteiger partial charge in [0.05, 0.1) is 5.69 Å². The Kier molecular flexibility index (Phi) is 10.8. The van der Waals surface area contributed by atoms with Gasteiger partial charge in [-0.2, -0.15) is 0 Å². The molecule has 0 fully saturated rings. The maximum absolute atomic E-state index is 11.6. The average Bonchev–Trinajstić information content (AvgIpc) is 2.77. The first kappa shape index (κ1) is 26.2. The van der Waals surface area contributed by atoms with E-state index in [0.29, 0.717) is 17.5 Å². The maximum Gasteiger partial charge on any atom is 0.231 e. The molecule has 0 aliphatic carbocycles. The molecule has 2 aromatic heterocycles. The standard InChI is InChI=1S/C11H11NO2.C11H11NO.CH3PS.CH4.H2/c1-2-8-11(14)10(13)7-5-3-4-6-9(7)12-8;1-2-8-7-11(13)9-5-3-4-6-10(9)12-8;1-2-3;;/h3-6,14H,2H2,1H3,(H,12,13);3-7H,2H2,1H3,(H,12,13);1H3;1H4;1H. The second-order valence-corrected chi connectivity index (χ2v) is 7.88. The molecular formula is C24H31N2O3PS. The first-order chi connectivity index (χ1) is 14.5. The highest BCUT2D eigenvalue weighted by Crippen LogP contribution is 2.15. The summed E-state index contributed by atoms with van der Waals surface area (Å²) in [7, 11) is 1.00. The zero-order valence-corrected chi connectivity index (χ0v) is 18.9. The third kappa shape index (κ3) is 6.58. The number of pyridine rings is 2. The van der Waals surface area contributed by atoms with E-state index in [1.54, 1.807) is 18.2 Å². The van der Waals surface area contributed by atoms with Crippen LogP contribution < -0.4 is 10.9 Å². The van der Waals surface area contributed by atoms with Crippen molar-refractivity contribution in [2.45, 2.75) is 34.1 Å². The molecule has 0 radical (unpaired) electrons. The van der Waals surface area contributed by atoms with Crippen LogP contribution in [0.1, 0.15) is 34.1 Å². The van der Waals surface area contributed by atoms with E-state index in [1.165, 1.54) is 0 Å². The average molecular weight is 459 g/mol. The summed E-state index contributed by atoms with van der Waals surface area (Å²) in [4.78, 5) is 29.4. The number of nitrogens with one attached hydrogen (secondary N) is 2. The summed E-state index contributed by atoms with van der Waals surface area (Å²) in [6, 6.07) is 16.4. The second kappa shape index (κ2) is 12.8. The molecule has 0 spiro atoms. The van der Waals surface area contributed by atoms with E-state index in [9.17, 15) is 14.7 Å². The third-order valence-corrected chi connectivity index (χ3v) is 4.49. The number of benzene rings is 2. The Bertz CT molecular complexity index is 1270. The molecular weight excluding hydrogens is 427 g/mol. The number of aryl methyl sites for hydroxylation is 2. The monoisotopic (exact) mass is 458 g/mol. The smallest absolute Gasteiger partial charge is 0.231 e. The fourth-order valence-electron chi connectivity index (χ4n) is 2.97. The molecule has 0 aliphatic heterocycles. The summed E-state index contributed by atoms with van der Waals surface area (Å²) in [5.41, 5.74) is 3.08. The number of hydrogen-bond donors (Lipinski definition) is 3. The highest BCUT2D eigenvalue weighted by Gasteiger charge is 2.08. The molecule has 0 aliphatic rings. The molecule has 166 valence electrons.